The predicted octanol–water partition coefficient (Wildman–Crippen LogP) is 3.73. The van der Waals surface area contributed by atoms with Crippen LogP contribution in [0.4, 0.5) is 0 Å². The van der Waals surface area contributed by atoms with Gasteiger partial charge >= 0.3 is 0 Å². The van der Waals surface area contributed by atoms with E-state index >= 15 is 0 Å². The Labute approximate surface area is 214 Å². The van der Waals surface area contributed by atoms with E-state index in [0.717, 1.165) is 11.1 Å². The second kappa shape index (κ2) is 9.97. The third-order valence-corrected chi connectivity index (χ3v) is 8.21. The Kier molecular flexibility index (Phi) is 6.56. The van der Waals surface area contributed by atoms with Gasteiger partial charge in [0, 0.05) is 42.9 Å². The van der Waals surface area contributed by atoms with Crippen molar-refractivity contribution in [3.63, 3.8) is 0 Å². The first-order chi connectivity index (χ1) is 17.9. The monoisotopic (exact) mass is 513 g/mol. The SMILES string of the molecule is Cc1ccc(-c2nnc(-c3ccc(C(=O)N4CCN(S(=O)(=O)c5ccccc5C#N)CC4)cc3)o2)cc1. The Hall–Kier alpha value is -4.33. The first kappa shape index (κ1) is 24.4. The molecule has 1 aliphatic rings. The fourth-order valence-corrected chi connectivity index (χ4v) is 5.71. The van der Waals surface area contributed by atoms with Crippen LogP contribution >= 0.6 is 0 Å². The van der Waals surface area contributed by atoms with Crippen LogP contribution in [0, 0.1) is 18.3 Å². The molecule has 1 saturated heterocycles. The van der Waals surface area contributed by atoms with Crippen molar-refractivity contribution in [3.05, 3.63) is 89.5 Å². The lowest BCUT2D eigenvalue weighted by Crippen LogP contribution is -2.50. The van der Waals surface area contributed by atoms with Crippen molar-refractivity contribution in [1.29, 1.82) is 5.26 Å². The van der Waals surface area contributed by atoms with E-state index in [2.05, 4.69) is 10.2 Å². The highest BCUT2D eigenvalue weighted by molar-refractivity contribution is 7.89. The van der Waals surface area contributed by atoms with E-state index in [0.29, 0.717) is 22.9 Å². The molecular formula is C27H23N5O4S. The highest BCUT2D eigenvalue weighted by Gasteiger charge is 2.31. The quantitative estimate of drug-likeness (QED) is 0.399. The van der Waals surface area contributed by atoms with Gasteiger partial charge in [-0.15, -0.1) is 10.2 Å². The summed E-state index contributed by atoms with van der Waals surface area (Å²) in [6, 6.07) is 22.7. The van der Waals surface area contributed by atoms with Crippen molar-refractivity contribution in [3.8, 4) is 29.0 Å². The summed E-state index contributed by atoms with van der Waals surface area (Å²) in [5.74, 6) is 0.582. The van der Waals surface area contributed by atoms with E-state index in [1.807, 2.05) is 37.3 Å². The van der Waals surface area contributed by atoms with Gasteiger partial charge < -0.3 is 9.32 Å². The van der Waals surface area contributed by atoms with E-state index in [9.17, 15) is 18.5 Å². The van der Waals surface area contributed by atoms with E-state index < -0.39 is 10.0 Å². The van der Waals surface area contributed by atoms with Crippen molar-refractivity contribution in [2.24, 2.45) is 0 Å². The van der Waals surface area contributed by atoms with Crippen LogP contribution in [0.2, 0.25) is 0 Å². The molecule has 10 heteroatoms. The number of nitrogens with zero attached hydrogens (tertiary/aromatic N) is 5. The number of nitriles is 1. The van der Waals surface area contributed by atoms with Crippen LogP contribution in [-0.4, -0.2) is 59.9 Å². The number of aromatic nitrogens is 2. The maximum atomic E-state index is 13.1. The molecule has 0 bridgehead atoms. The number of hydrogen-bond donors (Lipinski definition) is 0. The molecule has 4 aromatic rings. The highest BCUT2D eigenvalue weighted by atomic mass is 32.2. The number of carbonyl (C=O) groups is 1. The van der Waals surface area contributed by atoms with Gasteiger partial charge in [0.15, 0.2) is 0 Å². The molecule has 5 rings (SSSR count). The molecule has 2 heterocycles. The molecule has 1 aromatic heterocycles. The third-order valence-electron chi connectivity index (χ3n) is 6.25. The van der Waals surface area contributed by atoms with Crippen LogP contribution in [0.5, 0.6) is 0 Å². The Morgan fingerprint density at radius 3 is 2.03 bits per heavy atom. The maximum absolute atomic E-state index is 13.1. The summed E-state index contributed by atoms with van der Waals surface area (Å²) in [7, 11) is -3.83. The fraction of sp³-hybridized carbons (Fsp3) is 0.185. The van der Waals surface area contributed by atoms with Gasteiger partial charge in [-0.25, -0.2) is 8.42 Å². The average Bonchev–Trinajstić information content (AvgIpc) is 3.43. The minimum Gasteiger partial charge on any atom is -0.416 e. The second-order valence-electron chi connectivity index (χ2n) is 8.66. The van der Waals surface area contributed by atoms with E-state index in [1.54, 1.807) is 41.3 Å². The zero-order chi connectivity index (χ0) is 26.0. The van der Waals surface area contributed by atoms with Gasteiger partial charge in [0.05, 0.1) is 10.5 Å². The zero-order valence-electron chi connectivity index (χ0n) is 20.0. The molecular weight excluding hydrogens is 490 g/mol. The number of benzene rings is 3. The standard InChI is InChI=1S/C27H23N5O4S/c1-19-6-8-20(9-7-19)25-29-30-26(36-25)21-10-12-22(13-11-21)27(33)31-14-16-32(17-15-31)37(34,35)24-5-3-2-4-23(24)18-28/h2-13H,14-17H2,1H3. The molecule has 186 valence electrons. The van der Waals surface area contributed by atoms with E-state index in [-0.39, 0.29) is 42.5 Å². The number of piperazine rings is 1. The summed E-state index contributed by atoms with van der Waals surface area (Å²) in [5.41, 5.74) is 3.24. The van der Waals surface area contributed by atoms with Gasteiger partial charge in [0.2, 0.25) is 21.8 Å². The van der Waals surface area contributed by atoms with Gasteiger partial charge in [-0.05, 0) is 55.5 Å². The van der Waals surface area contributed by atoms with E-state index in [4.69, 9.17) is 4.42 Å². The predicted molar refractivity (Wildman–Crippen MR) is 136 cm³/mol. The molecule has 0 atom stereocenters. The van der Waals surface area contributed by atoms with Gasteiger partial charge in [-0.3, -0.25) is 4.79 Å². The molecule has 1 fully saturated rings. The Balaban J connectivity index is 1.24. The highest BCUT2D eigenvalue weighted by Crippen LogP contribution is 2.25. The molecule has 9 nitrogen and oxygen atoms in total. The number of sulfonamides is 1. The van der Waals surface area contributed by atoms with Crippen LogP contribution in [0.1, 0.15) is 21.5 Å². The first-order valence-electron chi connectivity index (χ1n) is 11.7. The van der Waals surface area contributed by atoms with Crippen molar-refractivity contribution in [1.82, 2.24) is 19.4 Å². The summed E-state index contributed by atoms with van der Waals surface area (Å²) in [5, 5.41) is 17.5. The lowest BCUT2D eigenvalue weighted by Gasteiger charge is -2.34. The Bertz CT molecular complexity index is 1580. The van der Waals surface area contributed by atoms with Gasteiger partial charge in [0.25, 0.3) is 5.91 Å². The van der Waals surface area contributed by atoms with Crippen molar-refractivity contribution in [2.75, 3.05) is 26.2 Å². The Morgan fingerprint density at radius 1 is 0.865 bits per heavy atom. The molecule has 0 N–H and O–H groups in total. The molecule has 1 aliphatic heterocycles. The van der Waals surface area contributed by atoms with E-state index in [1.165, 1.54) is 16.4 Å². The van der Waals surface area contributed by atoms with Crippen molar-refractivity contribution in [2.45, 2.75) is 11.8 Å². The van der Waals surface area contributed by atoms with Crippen molar-refractivity contribution < 1.29 is 17.6 Å². The minimum atomic E-state index is -3.83. The van der Waals surface area contributed by atoms with Crippen LogP contribution in [-0.2, 0) is 10.0 Å². The smallest absolute Gasteiger partial charge is 0.253 e. The molecule has 1 amide bonds. The molecule has 3 aromatic carbocycles. The first-order valence-corrected chi connectivity index (χ1v) is 13.1. The third kappa shape index (κ3) is 4.87. The molecule has 0 radical (unpaired) electrons. The number of rotatable bonds is 5. The zero-order valence-corrected chi connectivity index (χ0v) is 20.9. The molecule has 0 unspecified atom stereocenters. The second-order valence-corrected chi connectivity index (χ2v) is 10.6. The van der Waals surface area contributed by atoms with Crippen molar-refractivity contribution >= 4 is 15.9 Å². The van der Waals surface area contributed by atoms with Crippen LogP contribution in [0.15, 0.2) is 82.1 Å². The average molecular weight is 514 g/mol. The minimum absolute atomic E-state index is 0.0144. The molecule has 37 heavy (non-hydrogen) atoms. The van der Waals surface area contributed by atoms with Gasteiger partial charge in [-0.1, -0.05) is 29.8 Å². The molecule has 0 spiro atoms. The largest absolute Gasteiger partial charge is 0.416 e. The maximum Gasteiger partial charge on any atom is 0.253 e. The molecule has 0 aliphatic carbocycles. The number of amides is 1. The lowest BCUT2D eigenvalue weighted by molar-refractivity contribution is 0.0698. The van der Waals surface area contributed by atoms with Crippen LogP contribution in [0.3, 0.4) is 0 Å². The summed E-state index contributed by atoms with van der Waals surface area (Å²) in [4.78, 5) is 14.7. The number of aryl methyl sites for hydroxylation is 1. The summed E-state index contributed by atoms with van der Waals surface area (Å²) in [6.07, 6.45) is 0. The van der Waals surface area contributed by atoms with Gasteiger partial charge in [0.1, 0.15) is 6.07 Å². The molecule has 0 saturated carbocycles. The Morgan fingerprint density at radius 2 is 1.43 bits per heavy atom. The topological polar surface area (TPSA) is 120 Å². The number of hydrogen-bond acceptors (Lipinski definition) is 7. The summed E-state index contributed by atoms with van der Waals surface area (Å²) in [6.45, 7) is 2.80. The lowest BCUT2D eigenvalue weighted by atomic mass is 10.1. The van der Waals surface area contributed by atoms with Gasteiger partial charge in [-0.2, -0.15) is 9.57 Å². The fourth-order valence-electron chi connectivity index (χ4n) is 4.15. The summed E-state index contributed by atoms with van der Waals surface area (Å²) >= 11 is 0. The summed E-state index contributed by atoms with van der Waals surface area (Å²) < 4.78 is 33.2. The normalized spacial score (nSPS) is 14.3. The van der Waals surface area contributed by atoms with Crippen LogP contribution < -0.4 is 0 Å². The van der Waals surface area contributed by atoms with Crippen LogP contribution in [0.25, 0.3) is 22.9 Å². The number of carbonyl (C=O) groups excluding carboxylic acids is 1.